The molecule has 1 N–H and O–H groups in total. The van der Waals surface area contributed by atoms with Crippen molar-refractivity contribution in [3.63, 3.8) is 0 Å². The lowest BCUT2D eigenvalue weighted by atomic mass is 10.2. The molecular formula is C15H20N4O. The number of benzene rings is 1. The molecule has 0 aliphatic heterocycles. The van der Waals surface area contributed by atoms with Crippen molar-refractivity contribution in [2.75, 3.05) is 0 Å². The molecule has 1 aliphatic rings. The molecule has 1 saturated carbocycles. The molecule has 20 heavy (non-hydrogen) atoms. The van der Waals surface area contributed by atoms with Gasteiger partial charge in [-0.05, 0) is 37.5 Å². The van der Waals surface area contributed by atoms with Gasteiger partial charge in [0.05, 0.1) is 0 Å². The molecule has 1 fully saturated rings. The molecule has 0 spiro atoms. The van der Waals surface area contributed by atoms with E-state index in [2.05, 4.69) is 27.6 Å². The van der Waals surface area contributed by atoms with Crippen molar-refractivity contribution in [1.29, 1.82) is 0 Å². The summed E-state index contributed by atoms with van der Waals surface area (Å²) < 4.78 is 7.67. The summed E-state index contributed by atoms with van der Waals surface area (Å²) >= 11 is 0. The summed E-state index contributed by atoms with van der Waals surface area (Å²) in [6.07, 6.45) is 2.64. The monoisotopic (exact) mass is 272 g/mol. The van der Waals surface area contributed by atoms with Crippen LogP contribution in [0, 0.1) is 6.92 Å². The molecule has 5 heteroatoms. The maximum Gasteiger partial charge on any atom is 0.170 e. The van der Waals surface area contributed by atoms with Gasteiger partial charge in [0.25, 0.3) is 0 Å². The SMILES string of the molecule is Cc1nnc(COc2ccc(CNC3CC3)cc2)n1C. The number of hydrogen-bond acceptors (Lipinski definition) is 4. The first kappa shape index (κ1) is 13.1. The fourth-order valence-electron chi connectivity index (χ4n) is 1.98. The highest BCUT2D eigenvalue weighted by Gasteiger charge is 2.19. The number of aryl methyl sites for hydroxylation is 1. The van der Waals surface area contributed by atoms with Crippen LogP contribution in [0.4, 0.5) is 0 Å². The van der Waals surface area contributed by atoms with Crippen LogP contribution in [0.3, 0.4) is 0 Å². The van der Waals surface area contributed by atoms with E-state index in [4.69, 9.17) is 4.74 Å². The number of aromatic nitrogens is 3. The molecular weight excluding hydrogens is 252 g/mol. The predicted octanol–water partition coefficient (Wildman–Crippen LogP) is 1.95. The maximum atomic E-state index is 5.74. The van der Waals surface area contributed by atoms with Crippen LogP contribution in [0.1, 0.15) is 30.1 Å². The topological polar surface area (TPSA) is 52.0 Å². The van der Waals surface area contributed by atoms with E-state index in [1.165, 1.54) is 18.4 Å². The van der Waals surface area contributed by atoms with Gasteiger partial charge in [-0.25, -0.2) is 0 Å². The summed E-state index contributed by atoms with van der Waals surface area (Å²) in [4.78, 5) is 0. The molecule has 0 bridgehead atoms. The highest BCUT2D eigenvalue weighted by molar-refractivity contribution is 5.27. The molecule has 3 rings (SSSR count). The summed E-state index contributed by atoms with van der Waals surface area (Å²) in [5.41, 5.74) is 1.29. The standard InChI is InChI=1S/C15H20N4O/c1-11-17-18-15(19(11)2)10-20-14-7-3-12(4-8-14)9-16-13-5-6-13/h3-4,7-8,13,16H,5-6,9-10H2,1-2H3. The van der Waals surface area contributed by atoms with Gasteiger partial charge >= 0.3 is 0 Å². The summed E-state index contributed by atoms with van der Waals surface area (Å²) in [5, 5.41) is 11.6. The van der Waals surface area contributed by atoms with E-state index >= 15 is 0 Å². The Labute approximate surface area is 119 Å². The average molecular weight is 272 g/mol. The normalized spacial score (nSPS) is 14.5. The molecule has 0 atom stereocenters. The van der Waals surface area contributed by atoms with Crippen molar-refractivity contribution in [1.82, 2.24) is 20.1 Å². The molecule has 5 nitrogen and oxygen atoms in total. The third kappa shape index (κ3) is 3.17. The van der Waals surface area contributed by atoms with E-state index in [9.17, 15) is 0 Å². The van der Waals surface area contributed by atoms with Crippen LogP contribution in [0.15, 0.2) is 24.3 Å². The number of nitrogens with one attached hydrogen (secondary N) is 1. The molecule has 0 saturated heterocycles. The summed E-state index contributed by atoms with van der Waals surface area (Å²) in [6.45, 7) is 3.31. The summed E-state index contributed by atoms with van der Waals surface area (Å²) in [5.74, 6) is 2.59. The molecule has 1 aliphatic carbocycles. The third-order valence-corrected chi connectivity index (χ3v) is 3.65. The van der Waals surface area contributed by atoms with Gasteiger partial charge in [0.1, 0.15) is 18.2 Å². The average Bonchev–Trinajstić information content (AvgIpc) is 3.24. The largest absolute Gasteiger partial charge is 0.486 e. The summed E-state index contributed by atoms with van der Waals surface area (Å²) in [7, 11) is 1.95. The lowest BCUT2D eigenvalue weighted by Gasteiger charge is -2.07. The van der Waals surface area contributed by atoms with Crippen molar-refractivity contribution in [2.24, 2.45) is 7.05 Å². The molecule has 2 aromatic rings. The van der Waals surface area contributed by atoms with Crippen molar-refractivity contribution in [2.45, 2.75) is 39.0 Å². The number of hydrogen-bond donors (Lipinski definition) is 1. The van der Waals surface area contributed by atoms with Crippen molar-refractivity contribution < 1.29 is 4.74 Å². The van der Waals surface area contributed by atoms with Gasteiger partial charge in [0.15, 0.2) is 5.82 Å². The fraction of sp³-hybridized carbons (Fsp3) is 0.467. The highest BCUT2D eigenvalue weighted by Crippen LogP contribution is 2.20. The molecule has 0 radical (unpaired) electrons. The van der Waals surface area contributed by atoms with E-state index < -0.39 is 0 Å². The first-order valence-corrected chi connectivity index (χ1v) is 7.02. The van der Waals surface area contributed by atoms with Gasteiger partial charge < -0.3 is 14.6 Å². The molecule has 106 valence electrons. The van der Waals surface area contributed by atoms with E-state index in [-0.39, 0.29) is 0 Å². The fourth-order valence-corrected chi connectivity index (χ4v) is 1.98. The molecule has 1 aromatic heterocycles. The Morgan fingerprint density at radius 1 is 1.25 bits per heavy atom. The van der Waals surface area contributed by atoms with Gasteiger partial charge in [-0.1, -0.05) is 12.1 Å². The van der Waals surface area contributed by atoms with Gasteiger partial charge in [0.2, 0.25) is 0 Å². The second kappa shape index (κ2) is 5.63. The van der Waals surface area contributed by atoms with Crippen molar-refractivity contribution in [3.8, 4) is 5.75 Å². The van der Waals surface area contributed by atoms with Crippen LogP contribution < -0.4 is 10.1 Å². The van der Waals surface area contributed by atoms with Gasteiger partial charge in [0, 0.05) is 19.6 Å². The van der Waals surface area contributed by atoms with Crippen LogP contribution >= 0.6 is 0 Å². The Bertz CT molecular complexity index is 572. The zero-order valence-corrected chi connectivity index (χ0v) is 12.0. The van der Waals surface area contributed by atoms with Crippen LogP contribution in [0.2, 0.25) is 0 Å². The van der Waals surface area contributed by atoms with Crippen LogP contribution in [0.5, 0.6) is 5.75 Å². The Morgan fingerprint density at radius 3 is 2.60 bits per heavy atom. The van der Waals surface area contributed by atoms with E-state index in [0.29, 0.717) is 6.61 Å². The lowest BCUT2D eigenvalue weighted by molar-refractivity contribution is 0.291. The van der Waals surface area contributed by atoms with E-state index in [1.807, 2.05) is 30.7 Å². The smallest absolute Gasteiger partial charge is 0.170 e. The maximum absolute atomic E-state index is 5.74. The molecule has 0 amide bonds. The highest BCUT2D eigenvalue weighted by atomic mass is 16.5. The molecule has 0 unspecified atom stereocenters. The first-order valence-electron chi connectivity index (χ1n) is 7.02. The van der Waals surface area contributed by atoms with E-state index in [1.54, 1.807) is 0 Å². The van der Waals surface area contributed by atoms with Gasteiger partial charge in [-0.15, -0.1) is 10.2 Å². The minimum absolute atomic E-state index is 0.441. The number of rotatable bonds is 6. The van der Waals surface area contributed by atoms with Gasteiger partial charge in [-0.2, -0.15) is 0 Å². The zero-order chi connectivity index (χ0) is 13.9. The second-order valence-corrected chi connectivity index (χ2v) is 5.31. The number of nitrogens with zero attached hydrogens (tertiary/aromatic N) is 3. The number of ether oxygens (including phenoxy) is 1. The van der Waals surface area contributed by atoms with E-state index in [0.717, 1.165) is 30.0 Å². The quantitative estimate of drug-likeness (QED) is 0.873. The van der Waals surface area contributed by atoms with Crippen LogP contribution in [-0.4, -0.2) is 20.8 Å². The minimum atomic E-state index is 0.441. The molecule has 1 heterocycles. The zero-order valence-electron chi connectivity index (χ0n) is 12.0. The van der Waals surface area contributed by atoms with Crippen LogP contribution in [0.25, 0.3) is 0 Å². The van der Waals surface area contributed by atoms with Gasteiger partial charge in [-0.3, -0.25) is 0 Å². The van der Waals surface area contributed by atoms with Crippen molar-refractivity contribution in [3.05, 3.63) is 41.5 Å². The second-order valence-electron chi connectivity index (χ2n) is 5.31. The Morgan fingerprint density at radius 2 is 2.00 bits per heavy atom. The summed E-state index contributed by atoms with van der Waals surface area (Å²) in [6, 6.07) is 8.96. The molecule has 1 aromatic carbocycles. The Balaban J connectivity index is 1.53. The lowest BCUT2D eigenvalue weighted by Crippen LogP contribution is -2.15. The predicted molar refractivity (Wildman–Crippen MR) is 76.4 cm³/mol. The Kier molecular flexibility index (Phi) is 3.69. The van der Waals surface area contributed by atoms with Crippen molar-refractivity contribution >= 4 is 0 Å². The Hall–Kier alpha value is -1.88. The van der Waals surface area contributed by atoms with Crippen LogP contribution in [-0.2, 0) is 20.2 Å². The minimum Gasteiger partial charge on any atom is -0.486 e. The third-order valence-electron chi connectivity index (χ3n) is 3.65. The first-order chi connectivity index (χ1) is 9.72.